The lowest BCUT2D eigenvalue weighted by molar-refractivity contribution is 0.929. The van der Waals surface area contributed by atoms with Crippen LogP contribution < -0.4 is 5.32 Å². The number of anilines is 1. The van der Waals surface area contributed by atoms with Crippen molar-refractivity contribution in [2.45, 2.75) is 23.4 Å². The van der Waals surface area contributed by atoms with E-state index in [1.54, 1.807) is 12.5 Å². The summed E-state index contributed by atoms with van der Waals surface area (Å²) in [5, 5.41) is 4.74. The van der Waals surface area contributed by atoms with Crippen molar-refractivity contribution < 1.29 is 0 Å². The van der Waals surface area contributed by atoms with E-state index < -0.39 is 0 Å². The zero-order valence-electron chi connectivity index (χ0n) is 11.2. The van der Waals surface area contributed by atoms with Gasteiger partial charge in [0.05, 0.1) is 10.8 Å². The smallest absolute Gasteiger partial charge is 0.223 e. The molecule has 0 saturated carbocycles. The average molecular weight is 366 g/mol. The van der Waals surface area contributed by atoms with Gasteiger partial charge in [-0.3, -0.25) is 0 Å². The lowest BCUT2D eigenvalue weighted by atomic mass is 10.5. The van der Waals surface area contributed by atoms with Crippen molar-refractivity contribution in [1.82, 2.24) is 29.9 Å². The summed E-state index contributed by atoms with van der Waals surface area (Å²) in [6.07, 6.45) is 5.85. The average Bonchev–Trinajstić information content (AvgIpc) is 2.97. The number of aromatic nitrogens is 6. The Labute approximate surface area is 133 Å². The lowest BCUT2D eigenvalue weighted by Gasteiger charge is -2.07. The fraction of sp³-hybridized carbons (Fsp3) is 0.250. The minimum absolute atomic E-state index is 0.609. The number of aromatic amines is 1. The third kappa shape index (κ3) is 3.13. The highest BCUT2D eigenvalue weighted by Crippen LogP contribution is 2.33. The van der Waals surface area contributed by atoms with Crippen LogP contribution in [0.4, 0.5) is 5.95 Å². The van der Waals surface area contributed by atoms with Crippen LogP contribution in [0.1, 0.15) is 13.3 Å². The van der Waals surface area contributed by atoms with Gasteiger partial charge >= 0.3 is 0 Å². The molecular formula is C12H12BrN7S. The van der Waals surface area contributed by atoms with Crippen LogP contribution in [0.5, 0.6) is 0 Å². The van der Waals surface area contributed by atoms with Crippen LogP contribution in [0.15, 0.2) is 33.4 Å². The first-order chi connectivity index (χ1) is 10.3. The second-order valence-corrected chi connectivity index (χ2v) is 5.99. The monoisotopic (exact) mass is 365 g/mol. The molecule has 0 spiro atoms. The maximum Gasteiger partial charge on any atom is 0.223 e. The van der Waals surface area contributed by atoms with Gasteiger partial charge in [0.25, 0.3) is 0 Å². The van der Waals surface area contributed by atoms with Gasteiger partial charge in [-0.25, -0.2) is 24.9 Å². The van der Waals surface area contributed by atoms with E-state index in [0.717, 1.165) is 33.0 Å². The lowest BCUT2D eigenvalue weighted by Crippen LogP contribution is -2.04. The number of nitrogens with one attached hydrogen (secondary N) is 2. The maximum absolute atomic E-state index is 4.50. The zero-order valence-corrected chi connectivity index (χ0v) is 13.6. The second kappa shape index (κ2) is 6.35. The van der Waals surface area contributed by atoms with Crippen molar-refractivity contribution in [3.63, 3.8) is 0 Å². The molecule has 0 fully saturated rings. The number of hydrogen-bond donors (Lipinski definition) is 2. The van der Waals surface area contributed by atoms with Gasteiger partial charge in [0, 0.05) is 12.7 Å². The summed E-state index contributed by atoms with van der Waals surface area (Å²) in [6, 6.07) is 0. The molecule has 2 N–H and O–H groups in total. The van der Waals surface area contributed by atoms with Crippen LogP contribution in [0.25, 0.3) is 11.2 Å². The molecular weight excluding hydrogens is 354 g/mol. The van der Waals surface area contributed by atoms with Crippen molar-refractivity contribution in [3.05, 3.63) is 23.3 Å². The Morgan fingerprint density at radius 1 is 1.24 bits per heavy atom. The number of H-pyrrole nitrogens is 1. The molecule has 0 aliphatic rings. The van der Waals surface area contributed by atoms with E-state index in [2.05, 4.69) is 58.1 Å². The zero-order chi connectivity index (χ0) is 14.7. The molecule has 3 heterocycles. The molecule has 0 radical (unpaired) electrons. The van der Waals surface area contributed by atoms with Crippen molar-refractivity contribution in [3.8, 4) is 0 Å². The van der Waals surface area contributed by atoms with E-state index in [9.17, 15) is 0 Å². The molecule has 0 aliphatic carbocycles. The summed E-state index contributed by atoms with van der Waals surface area (Å²) in [6.45, 7) is 2.93. The van der Waals surface area contributed by atoms with Crippen molar-refractivity contribution in [2.75, 3.05) is 11.9 Å². The molecule has 3 aromatic heterocycles. The Hall–Kier alpha value is -1.74. The first kappa shape index (κ1) is 14.2. The van der Waals surface area contributed by atoms with E-state index in [4.69, 9.17) is 0 Å². The van der Waals surface area contributed by atoms with Gasteiger partial charge in [-0.15, -0.1) is 0 Å². The SMILES string of the molecule is CCCNc1ncc(Br)c(Sc2ncnc3nc[nH]c23)n1. The first-order valence-electron chi connectivity index (χ1n) is 6.36. The molecule has 108 valence electrons. The van der Waals surface area contributed by atoms with Crippen LogP contribution in [0.3, 0.4) is 0 Å². The largest absolute Gasteiger partial charge is 0.354 e. The molecule has 3 aromatic rings. The Morgan fingerprint density at radius 3 is 3.00 bits per heavy atom. The van der Waals surface area contributed by atoms with Crippen LogP contribution in [0, 0.1) is 0 Å². The Bertz CT molecular complexity index is 760. The molecule has 0 bridgehead atoms. The molecule has 21 heavy (non-hydrogen) atoms. The van der Waals surface area contributed by atoms with Crippen LogP contribution >= 0.6 is 27.7 Å². The van der Waals surface area contributed by atoms with E-state index in [0.29, 0.717) is 11.6 Å². The molecule has 0 saturated heterocycles. The highest BCUT2D eigenvalue weighted by Gasteiger charge is 2.12. The molecule has 3 rings (SSSR count). The normalized spacial score (nSPS) is 11.0. The van der Waals surface area contributed by atoms with Crippen LogP contribution in [-0.2, 0) is 0 Å². The van der Waals surface area contributed by atoms with Gasteiger partial charge in [0.1, 0.15) is 21.9 Å². The van der Waals surface area contributed by atoms with Gasteiger partial charge < -0.3 is 10.3 Å². The van der Waals surface area contributed by atoms with Crippen molar-refractivity contribution in [1.29, 1.82) is 0 Å². The van der Waals surface area contributed by atoms with Crippen molar-refractivity contribution in [2.24, 2.45) is 0 Å². The third-order valence-corrected chi connectivity index (χ3v) is 4.48. The van der Waals surface area contributed by atoms with Gasteiger partial charge in [0.2, 0.25) is 5.95 Å². The molecule has 0 aromatic carbocycles. The first-order valence-corrected chi connectivity index (χ1v) is 7.97. The standard InChI is InChI=1S/C12H12BrN7S/c1-2-3-14-12-15-4-7(13)10(20-12)21-11-8-9(17-5-16-8)18-6-19-11/h4-6H,2-3H2,1H3,(H,14,15,20)(H,16,17,18,19). The minimum atomic E-state index is 0.609. The second-order valence-electron chi connectivity index (χ2n) is 4.16. The summed E-state index contributed by atoms with van der Waals surface area (Å²) in [5.41, 5.74) is 1.44. The Morgan fingerprint density at radius 2 is 2.14 bits per heavy atom. The predicted molar refractivity (Wildman–Crippen MR) is 84.3 cm³/mol. The summed E-state index contributed by atoms with van der Waals surface area (Å²) in [7, 11) is 0. The number of halogens is 1. The molecule has 7 nitrogen and oxygen atoms in total. The quantitative estimate of drug-likeness (QED) is 0.671. The third-order valence-electron chi connectivity index (χ3n) is 2.63. The fourth-order valence-electron chi connectivity index (χ4n) is 1.66. The number of fused-ring (bicyclic) bond motifs is 1. The summed E-state index contributed by atoms with van der Waals surface area (Å²) < 4.78 is 0.820. The number of rotatable bonds is 5. The van der Waals surface area contributed by atoms with Gasteiger partial charge in [-0.05, 0) is 34.1 Å². The Balaban J connectivity index is 1.91. The Kier molecular flexibility index (Phi) is 4.30. The van der Waals surface area contributed by atoms with E-state index >= 15 is 0 Å². The predicted octanol–water partition coefficient (Wildman–Crippen LogP) is 2.88. The summed E-state index contributed by atoms with van der Waals surface area (Å²) in [4.78, 5) is 24.3. The van der Waals surface area contributed by atoms with E-state index in [1.165, 1.54) is 18.1 Å². The van der Waals surface area contributed by atoms with Crippen LogP contribution in [0.2, 0.25) is 0 Å². The number of nitrogens with zero attached hydrogens (tertiary/aromatic N) is 5. The van der Waals surface area contributed by atoms with Gasteiger partial charge in [0.15, 0.2) is 5.65 Å². The molecule has 0 amide bonds. The van der Waals surface area contributed by atoms with Crippen molar-refractivity contribution >= 4 is 44.8 Å². The van der Waals surface area contributed by atoms with E-state index in [-0.39, 0.29) is 0 Å². The molecule has 9 heteroatoms. The summed E-state index contributed by atoms with van der Waals surface area (Å²) in [5.74, 6) is 0.609. The fourth-order valence-corrected chi connectivity index (χ4v) is 2.91. The topological polar surface area (TPSA) is 92.3 Å². The van der Waals surface area contributed by atoms with Crippen LogP contribution in [-0.4, -0.2) is 36.4 Å². The minimum Gasteiger partial charge on any atom is -0.354 e. The van der Waals surface area contributed by atoms with Gasteiger partial charge in [-0.1, -0.05) is 6.92 Å². The molecule has 0 aliphatic heterocycles. The van der Waals surface area contributed by atoms with Gasteiger partial charge in [-0.2, -0.15) is 0 Å². The molecule has 0 unspecified atom stereocenters. The van der Waals surface area contributed by atoms with E-state index in [1.807, 2.05) is 0 Å². The number of imidazole rings is 1. The molecule has 0 atom stereocenters. The number of hydrogen-bond acceptors (Lipinski definition) is 7. The highest BCUT2D eigenvalue weighted by atomic mass is 79.9. The maximum atomic E-state index is 4.50. The highest BCUT2D eigenvalue weighted by molar-refractivity contribution is 9.10. The summed E-state index contributed by atoms with van der Waals surface area (Å²) >= 11 is 4.90.